The van der Waals surface area contributed by atoms with Crippen LogP contribution in [-0.2, 0) is 18.4 Å². The van der Waals surface area contributed by atoms with Crippen LogP contribution in [0.3, 0.4) is 0 Å². The van der Waals surface area contributed by atoms with Crippen molar-refractivity contribution in [3.05, 3.63) is 41.3 Å². The number of anilines is 1. The van der Waals surface area contributed by atoms with E-state index in [0.717, 1.165) is 23.5 Å². The van der Waals surface area contributed by atoms with Crippen LogP contribution in [0.2, 0.25) is 0 Å². The van der Waals surface area contributed by atoms with Crippen molar-refractivity contribution in [1.82, 2.24) is 15.1 Å². The van der Waals surface area contributed by atoms with Gasteiger partial charge in [0.05, 0.1) is 18.8 Å². The molecule has 2 heterocycles. The van der Waals surface area contributed by atoms with Crippen LogP contribution in [0.15, 0.2) is 24.3 Å². The number of methoxy groups -OCH3 is 1. The maximum atomic E-state index is 13.4. The molecule has 0 bridgehead atoms. The molecule has 3 rings (SSSR count). The lowest BCUT2D eigenvalue weighted by Gasteiger charge is -2.17. The van der Waals surface area contributed by atoms with Gasteiger partial charge in [0.25, 0.3) is 0 Å². The van der Waals surface area contributed by atoms with Crippen LogP contribution < -0.4 is 15.0 Å². The van der Waals surface area contributed by atoms with E-state index in [1.807, 2.05) is 20.0 Å². The van der Waals surface area contributed by atoms with Crippen LogP contribution in [0.5, 0.6) is 5.75 Å². The highest BCUT2D eigenvalue weighted by Crippen LogP contribution is 2.23. The van der Waals surface area contributed by atoms with Gasteiger partial charge in [-0.2, -0.15) is 5.10 Å². The Hall–Kier alpha value is -2.41. The summed E-state index contributed by atoms with van der Waals surface area (Å²) in [5, 5.41) is 7.53. The van der Waals surface area contributed by atoms with Crippen LogP contribution in [0, 0.1) is 12.7 Å². The number of aromatic nitrogens is 2. The van der Waals surface area contributed by atoms with Crippen LogP contribution in [0.25, 0.3) is 0 Å². The number of halogens is 1. The van der Waals surface area contributed by atoms with Crippen molar-refractivity contribution in [2.75, 3.05) is 18.6 Å². The molecule has 1 aromatic carbocycles. The molecule has 128 valence electrons. The number of benzene rings is 1. The van der Waals surface area contributed by atoms with Crippen molar-refractivity contribution >= 4 is 11.7 Å². The molecular formula is C17H21FN4O2. The summed E-state index contributed by atoms with van der Waals surface area (Å²) in [5.74, 6) is 0.660. The molecule has 2 aromatic rings. The van der Waals surface area contributed by atoms with Crippen molar-refractivity contribution in [2.45, 2.75) is 25.9 Å². The fourth-order valence-corrected chi connectivity index (χ4v) is 3.00. The monoisotopic (exact) mass is 332 g/mol. The molecule has 1 aliphatic rings. The molecular weight excluding hydrogens is 311 g/mol. The first-order valence-corrected chi connectivity index (χ1v) is 7.87. The van der Waals surface area contributed by atoms with Gasteiger partial charge in [-0.25, -0.2) is 4.39 Å². The van der Waals surface area contributed by atoms with E-state index in [4.69, 9.17) is 4.74 Å². The standard InChI is InChI=1S/C17H21FN4O2/c1-11-8-16(21(2)20-11)22-7-6-14(17(22)23)19-10-12-4-5-13(18)15(9-12)24-3/h4-5,8-9,14,19H,6-7,10H2,1-3H3/t14-/m1/s1. The highest BCUT2D eigenvalue weighted by atomic mass is 19.1. The highest BCUT2D eigenvalue weighted by Gasteiger charge is 2.33. The first kappa shape index (κ1) is 16.4. The van der Waals surface area contributed by atoms with Gasteiger partial charge in [-0.15, -0.1) is 0 Å². The van der Waals surface area contributed by atoms with E-state index in [1.54, 1.807) is 21.7 Å². The number of nitrogens with zero attached hydrogens (tertiary/aromatic N) is 3. The summed E-state index contributed by atoms with van der Waals surface area (Å²) in [6.45, 7) is 3.04. The normalized spacial score (nSPS) is 17.6. The van der Waals surface area contributed by atoms with Crippen molar-refractivity contribution in [2.24, 2.45) is 7.05 Å². The number of hydrogen-bond acceptors (Lipinski definition) is 4. The number of carbonyl (C=O) groups excluding carboxylic acids is 1. The van der Waals surface area contributed by atoms with Gasteiger partial charge in [0.2, 0.25) is 5.91 Å². The Morgan fingerprint density at radius 1 is 1.42 bits per heavy atom. The van der Waals surface area contributed by atoms with E-state index in [-0.39, 0.29) is 17.7 Å². The highest BCUT2D eigenvalue weighted by molar-refractivity contribution is 5.98. The average molecular weight is 332 g/mol. The van der Waals surface area contributed by atoms with Gasteiger partial charge in [-0.1, -0.05) is 6.07 Å². The third-order valence-corrected chi connectivity index (χ3v) is 4.23. The van der Waals surface area contributed by atoms with E-state index in [1.165, 1.54) is 13.2 Å². The Kier molecular flexibility index (Phi) is 4.53. The predicted octanol–water partition coefficient (Wildman–Crippen LogP) is 1.77. The van der Waals surface area contributed by atoms with E-state index in [0.29, 0.717) is 13.1 Å². The van der Waals surface area contributed by atoms with Gasteiger partial charge >= 0.3 is 0 Å². The minimum absolute atomic E-state index is 0.0343. The Morgan fingerprint density at radius 2 is 2.21 bits per heavy atom. The molecule has 0 unspecified atom stereocenters. The van der Waals surface area contributed by atoms with Crippen LogP contribution in [-0.4, -0.2) is 35.4 Å². The van der Waals surface area contributed by atoms with Crippen LogP contribution in [0.1, 0.15) is 17.7 Å². The lowest BCUT2D eigenvalue weighted by Crippen LogP contribution is -2.38. The Bertz CT molecular complexity index is 759. The van der Waals surface area contributed by atoms with Gasteiger partial charge in [-0.3, -0.25) is 14.4 Å². The zero-order chi connectivity index (χ0) is 17.3. The third kappa shape index (κ3) is 3.12. The van der Waals surface area contributed by atoms with Crippen LogP contribution >= 0.6 is 0 Å². The number of ether oxygens (including phenoxy) is 1. The molecule has 1 N–H and O–H groups in total. The number of rotatable bonds is 5. The number of aryl methyl sites for hydroxylation is 2. The second kappa shape index (κ2) is 6.60. The van der Waals surface area contributed by atoms with E-state index < -0.39 is 5.82 Å². The first-order chi connectivity index (χ1) is 11.5. The van der Waals surface area contributed by atoms with Gasteiger partial charge < -0.3 is 10.1 Å². The van der Waals surface area contributed by atoms with E-state index in [9.17, 15) is 9.18 Å². The summed E-state index contributed by atoms with van der Waals surface area (Å²) in [4.78, 5) is 14.4. The van der Waals surface area contributed by atoms with Gasteiger partial charge in [-0.05, 0) is 31.0 Å². The molecule has 1 aliphatic heterocycles. The summed E-state index contributed by atoms with van der Waals surface area (Å²) in [6.07, 6.45) is 0.724. The molecule has 0 spiro atoms. The molecule has 1 atom stereocenters. The Balaban J connectivity index is 1.65. The van der Waals surface area contributed by atoms with Crippen molar-refractivity contribution in [3.63, 3.8) is 0 Å². The smallest absolute Gasteiger partial charge is 0.245 e. The molecule has 1 aromatic heterocycles. The minimum atomic E-state index is -0.393. The molecule has 24 heavy (non-hydrogen) atoms. The average Bonchev–Trinajstić information content (AvgIpc) is 3.08. The summed E-state index contributed by atoms with van der Waals surface area (Å²) in [6, 6.07) is 6.36. The zero-order valence-corrected chi connectivity index (χ0v) is 14.0. The first-order valence-electron chi connectivity index (χ1n) is 7.87. The summed E-state index contributed by atoms with van der Waals surface area (Å²) in [7, 11) is 3.27. The zero-order valence-electron chi connectivity index (χ0n) is 14.0. The van der Waals surface area contributed by atoms with Crippen LogP contribution in [0.4, 0.5) is 10.2 Å². The molecule has 0 radical (unpaired) electrons. The van der Waals surface area contributed by atoms with Crippen molar-refractivity contribution in [1.29, 1.82) is 0 Å². The quantitative estimate of drug-likeness (QED) is 0.907. The molecule has 7 heteroatoms. The number of nitrogens with one attached hydrogen (secondary N) is 1. The predicted molar refractivity (Wildman–Crippen MR) is 88.5 cm³/mol. The molecule has 6 nitrogen and oxygen atoms in total. The van der Waals surface area contributed by atoms with Gasteiger partial charge in [0, 0.05) is 26.2 Å². The lowest BCUT2D eigenvalue weighted by atomic mass is 10.2. The molecule has 0 aliphatic carbocycles. The summed E-state index contributed by atoms with van der Waals surface area (Å²) >= 11 is 0. The lowest BCUT2D eigenvalue weighted by molar-refractivity contribution is -0.118. The maximum absolute atomic E-state index is 13.4. The second-order valence-electron chi connectivity index (χ2n) is 5.95. The fraction of sp³-hybridized carbons (Fsp3) is 0.412. The van der Waals surface area contributed by atoms with Gasteiger partial charge in [0.1, 0.15) is 5.82 Å². The minimum Gasteiger partial charge on any atom is -0.494 e. The van der Waals surface area contributed by atoms with Gasteiger partial charge in [0.15, 0.2) is 11.6 Å². The van der Waals surface area contributed by atoms with Crippen molar-refractivity contribution in [3.8, 4) is 5.75 Å². The van der Waals surface area contributed by atoms with Crippen molar-refractivity contribution < 1.29 is 13.9 Å². The largest absolute Gasteiger partial charge is 0.494 e. The number of hydrogen-bond donors (Lipinski definition) is 1. The number of amides is 1. The second-order valence-corrected chi connectivity index (χ2v) is 5.95. The third-order valence-electron chi connectivity index (χ3n) is 4.23. The molecule has 1 amide bonds. The van der Waals surface area contributed by atoms with E-state index in [2.05, 4.69) is 10.4 Å². The molecule has 1 fully saturated rings. The molecule has 1 saturated heterocycles. The number of carbonyl (C=O) groups is 1. The summed E-state index contributed by atoms with van der Waals surface area (Å²) < 4.78 is 20.1. The van der Waals surface area contributed by atoms with E-state index >= 15 is 0 Å². The fourth-order valence-electron chi connectivity index (χ4n) is 3.00. The Labute approximate surface area is 140 Å². The maximum Gasteiger partial charge on any atom is 0.245 e. The Morgan fingerprint density at radius 3 is 2.88 bits per heavy atom. The molecule has 0 saturated carbocycles. The summed E-state index contributed by atoms with van der Waals surface area (Å²) in [5.41, 5.74) is 1.76. The topological polar surface area (TPSA) is 59.4 Å². The SMILES string of the molecule is COc1cc(CN[C@@H]2CCN(c3cc(C)nn3C)C2=O)ccc1F.